The molecule has 1 aromatic rings. The standard InChI is InChI=1S/C13H17BrN4O3/c1-7-3-11(19)17-13(16-7)18-15-6-8-4-9(14)5-10(21-2)12(8)20/h4-7,13,16,18,20H,3H2,1-2H3,(H,17,19)/b15-6+. The van der Waals surface area contributed by atoms with E-state index in [4.69, 9.17) is 4.74 Å². The van der Waals surface area contributed by atoms with Crippen molar-refractivity contribution in [2.75, 3.05) is 7.11 Å². The maximum absolute atomic E-state index is 11.4. The molecule has 2 rings (SSSR count). The van der Waals surface area contributed by atoms with E-state index in [1.807, 2.05) is 6.92 Å². The zero-order valence-electron chi connectivity index (χ0n) is 11.7. The molecule has 0 bridgehead atoms. The fourth-order valence-electron chi connectivity index (χ4n) is 1.98. The number of halogens is 1. The number of methoxy groups -OCH3 is 1. The monoisotopic (exact) mass is 356 g/mol. The summed E-state index contributed by atoms with van der Waals surface area (Å²) in [5.41, 5.74) is 3.26. The topological polar surface area (TPSA) is 95.0 Å². The summed E-state index contributed by atoms with van der Waals surface area (Å²) in [4.78, 5) is 11.4. The van der Waals surface area contributed by atoms with Crippen LogP contribution in [0.25, 0.3) is 0 Å². The van der Waals surface area contributed by atoms with Gasteiger partial charge in [-0.1, -0.05) is 15.9 Å². The molecule has 0 radical (unpaired) electrons. The Morgan fingerprint density at radius 3 is 3.00 bits per heavy atom. The Morgan fingerprint density at radius 1 is 1.57 bits per heavy atom. The normalized spacial score (nSPS) is 22.1. The second-order valence-corrected chi connectivity index (χ2v) is 5.62. The third-order valence-electron chi connectivity index (χ3n) is 2.94. The Hall–Kier alpha value is -1.80. The van der Waals surface area contributed by atoms with Gasteiger partial charge in [0.15, 0.2) is 17.8 Å². The van der Waals surface area contributed by atoms with E-state index < -0.39 is 6.29 Å². The van der Waals surface area contributed by atoms with Crippen molar-refractivity contribution in [3.05, 3.63) is 22.2 Å². The lowest BCUT2D eigenvalue weighted by Crippen LogP contribution is -2.60. The van der Waals surface area contributed by atoms with Crippen LogP contribution in [0.1, 0.15) is 18.9 Å². The number of hydrogen-bond donors (Lipinski definition) is 4. The van der Waals surface area contributed by atoms with Crippen LogP contribution in [0, 0.1) is 0 Å². The van der Waals surface area contributed by atoms with E-state index in [9.17, 15) is 9.90 Å². The fraction of sp³-hybridized carbons (Fsp3) is 0.385. The van der Waals surface area contributed by atoms with Crippen molar-refractivity contribution in [1.82, 2.24) is 16.1 Å². The van der Waals surface area contributed by atoms with E-state index in [1.54, 1.807) is 12.1 Å². The van der Waals surface area contributed by atoms with Gasteiger partial charge in [-0.3, -0.25) is 15.5 Å². The number of rotatable bonds is 4. The summed E-state index contributed by atoms with van der Waals surface area (Å²) >= 11 is 3.33. The van der Waals surface area contributed by atoms with Gasteiger partial charge in [0.25, 0.3) is 0 Å². The molecular formula is C13H17BrN4O3. The van der Waals surface area contributed by atoms with E-state index in [-0.39, 0.29) is 17.7 Å². The molecule has 1 saturated heterocycles. The number of phenols is 1. The molecule has 2 unspecified atom stereocenters. The van der Waals surface area contributed by atoms with Crippen molar-refractivity contribution >= 4 is 28.1 Å². The molecule has 1 amide bonds. The van der Waals surface area contributed by atoms with E-state index in [2.05, 4.69) is 37.1 Å². The molecule has 2 atom stereocenters. The van der Waals surface area contributed by atoms with Crippen molar-refractivity contribution in [1.29, 1.82) is 0 Å². The molecule has 8 heteroatoms. The molecule has 0 aliphatic carbocycles. The van der Waals surface area contributed by atoms with E-state index in [0.29, 0.717) is 17.7 Å². The molecule has 4 N–H and O–H groups in total. The average Bonchev–Trinajstić information content (AvgIpc) is 2.41. The quantitative estimate of drug-likeness (QED) is 0.474. The summed E-state index contributed by atoms with van der Waals surface area (Å²) in [5, 5.41) is 19.8. The van der Waals surface area contributed by atoms with E-state index >= 15 is 0 Å². The van der Waals surface area contributed by atoms with Crippen LogP contribution in [0.5, 0.6) is 11.5 Å². The summed E-state index contributed by atoms with van der Waals surface area (Å²) in [6.07, 6.45) is 1.45. The largest absolute Gasteiger partial charge is 0.504 e. The Balaban J connectivity index is 2.04. The van der Waals surface area contributed by atoms with E-state index in [1.165, 1.54) is 13.3 Å². The summed E-state index contributed by atoms with van der Waals surface area (Å²) in [6.45, 7) is 1.92. The Labute approximate surface area is 130 Å². The highest BCUT2D eigenvalue weighted by molar-refractivity contribution is 9.10. The minimum Gasteiger partial charge on any atom is -0.504 e. The van der Waals surface area contributed by atoms with Crippen molar-refractivity contribution in [3.63, 3.8) is 0 Å². The number of nitrogens with one attached hydrogen (secondary N) is 3. The van der Waals surface area contributed by atoms with Crippen LogP contribution in [-0.4, -0.2) is 36.7 Å². The molecule has 1 fully saturated rings. The van der Waals surface area contributed by atoms with Crippen molar-refractivity contribution in [2.24, 2.45) is 5.10 Å². The van der Waals surface area contributed by atoms with Gasteiger partial charge in [-0.2, -0.15) is 5.10 Å². The lowest BCUT2D eigenvalue weighted by atomic mass is 10.2. The predicted molar refractivity (Wildman–Crippen MR) is 82.2 cm³/mol. The number of phenolic OH excluding ortho intramolecular Hbond substituents is 1. The van der Waals surface area contributed by atoms with Gasteiger partial charge in [0.1, 0.15) is 0 Å². The van der Waals surface area contributed by atoms with Crippen LogP contribution in [0.3, 0.4) is 0 Å². The molecule has 0 spiro atoms. The first-order chi connectivity index (χ1) is 9.99. The molecular weight excluding hydrogens is 340 g/mol. The number of hydrazone groups is 1. The smallest absolute Gasteiger partial charge is 0.224 e. The number of amides is 1. The van der Waals surface area contributed by atoms with Gasteiger partial charge in [-0.25, -0.2) is 0 Å². The van der Waals surface area contributed by atoms with Crippen LogP contribution in [-0.2, 0) is 4.79 Å². The number of nitrogens with zero attached hydrogens (tertiary/aromatic N) is 1. The molecule has 114 valence electrons. The maximum Gasteiger partial charge on any atom is 0.224 e. The first kappa shape index (κ1) is 15.6. The Bertz CT molecular complexity index is 565. The lowest BCUT2D eigenvalue weighted by molar-refractivity contribution is -0.124. The summed E-state index contributed by atoms with van der Waals surface area (Å²) < 4.78 is 5.82. The highest BCUT2D eigenvalue weighted by atomic mass is 79.9. The number of carbonyl (C=O) groups is 1. The lowest BCUT2D eigenvalue weighted by Gasteiger charge is -2.28. The number of hydrogen-bond acceptors (Lipinski definition) is 6. The minimum absolute atomic E-state index is 0.000238. The van der Waals surface area contributed by atoms with E-state index in [0.717, 1.165) is 4.47 Å². The first-order valence-corrected chi connectivity index (χ1v) is 7.19. The van der Waals surface area contributed by atoms with Crippen LogP contribution < -0.4 is 20.8 Å². The van der Waals surface area contributed by atoms with Crippen LogP contribution in [0.4, 0.5) is 0 Å². The van der Waals surface area contributed by atoms with Gasteiger partial charge < -0.3 is 15.2 Å². The summed E-state index contributed by atoms with van der Waals surface area (Å²) in [7, 11) is 1.48. The van der Waals surface area contributed by atoms with Crippen LogP contribution in [0.2, 0.25) is 0 Å². The van der Waals surface area contributed by atoms with Crippen LogP contribution >= 0.6 is 15.9 Å². The number of aromatic hydroxyl groups is 1. The highest BCUT2D eigenvalue weighted by Crippen LogP contribution is 2.32. The van der Waals surface area contributed by atoms with Gasteiger partial charge >= 0.3 is 0 Å². The molecule has 1 heterocycles. The number of carbonyl (C=O) groups excluding carboxylic acids is 1. The second-order valence-electron chi connectivity index (χ2n) is 4.71. The van der Waals surface area contributed by atoms with Crippen LogP contribution in [0.15, 0.2) is 21.7 Å². The molecule has 1 aliphatic heterocycles. The Morgan fingerprint density at radius 2 is 2.33 bits per heavy atom. The second kappa shape index (κ2) is 6.77. The number of benzene rings is 1. The van der Waals surface area contributed by atoms with Crippen molar-refractivity contribution in [3.8, 4) is 11.5 Å². The average molecular weight is 357 g/mol. The van der Waals surface area contributed by atoms with Crippen molar-refractivity contribution in [2.45, 2.75) is 25.7 Å². The molecule has 0 aromatic heterocycles. The van der Waals surface area contributed by atoms with Gasteiger partial charge in [0.05, 0.1) is 13.3 Å². The highest BCUT2D eigenvalue weighted by Gasteiger charge is 2.21. The summed E-state index contributed by atoms with van der Waals surface area (Å²) in [6, 6.07) is 3.44. The van der Waals surface area contributed by atoms with Gasteiger partial charge in [-0.05, 0) is 19.1 Å². The van der Waals surface area contributed by atoms with Crippen molar-refractivity contribution < 1.29 is 14.6 Å². The third kappa shape index (κ3) is 4.08. The zero-order valence-corrected chi connectivity index (χ0v) is 13.3. The van der Waals surface area contributed by atoms with Gasteiger partial charge in [0.2, 0.25) is 5.91 Å². The molecule has 1 aromatic carbocycles. The maximum atomic E-state index is 11.4. The minimum atomic E-state index is -0.436. The Kier molecular flexibility index (Phi) is 5.03. The molecule has 0 saturated carbocycles. The zero-order chi connectivity index (χ0) is 15.4. The molecule has 7 nitrogen and oxygen atoms in total. The third-order valence-corrected chi connectivity index (χ3v) is 3.40. The van der Waals surface area contributed by atoms with Gasteiger partial charge in [0, 0.05) is 22.5 Å². The number of ether oxygens (including phenoxy) is 1. The molecule has 1 aliphatic rings. The first-order valence-electron chi connectivity index (χ1n) is 6.40. The summed E-state index contributed by atoms with van der Waals surface area (Å²) in [5.74, 6) is 0.310. The molecule has 21 heavy (non-hydrogen) atoms. The predicted octanol–water partition coefficient (Wildman–Crippen LogP) is 0.868. The van der Waals surface area contributed by atoms with Gasteiger partial charge in [-0.15, -0.1) is 0 Å². The fourth-order valence-corrected chi connectivity index (χ4v) is 2.44. The SMILES string of the molecule is COc1cc(Br)cc(/C=N/NC2NC(=O)CC(C)N2)c1O.